The number of urea groups is 1. The molecule has 4 N–H and O–H groups in total. The van der Waals surface area contributed by atoms with Crippen LogP contribution in [0.15, 0.2) is 42.5 Å². The van der Waals surface area contributed by atoms with Gasteiger partial charge in [0.2, 0.25) is 0 Å². The van der Waals surface area contributed by atoms with Gasteiger partial charge >= 0.3 is 6.03 Å². The largest absolute Gasteiger partial charge is 0.399 e. The van der Waals surface area contributed by atoms with E-state index in [9.17, 15) is 4.79 Å². The number of benzene rings is 2. The molecule has 0 radical (unpaired) electrons. The van der Waals surface area contributed by atoms with E-state index < -0.39 is 0 Å². The second-order valence-corrected chi connectivity index (χ2v) is 4.60. The highest BCUT2D eigenvalue weighted by Crippen LogP contribution is 2.23. The summed E-state index contributed by atoms with van der Waals surface area (Å²) in [6.45, 7) is 1.93. The number of halogens is 1. The standard InChI is InChI=1S/C14H14ClN3O/c1-9-5-6-13(12(15)7-9)18-14(19)17-11-4-2-3-10(16)8-11/h2-8H,16H2,1H3,(H2,17,18,19). The number of nitrogens with one attached hydrogen (secondary N) is 2. The van der Waals surface area contributed by atoms with Crippen LogP contribution in [-0.4, -0.2) is 6.03 Å². The molecule has 2 rings (SSSR count). The van der Waals surface area contributed by atoms with Crippen molar-refractivity contribution in [2.45, 2.75) is 6.92 Å². The van der Waals surface area contributed by atoms with Crippen molar-refractivity contribution in [3.8, 4) is 0 Å². The Bertz CT molecular complexity index is 613. The van der Waals surface area contributed by atoms with Crippen molar-refractivity contribution in [3.63, 3.8) is 0 Å². The molecule has 0 saturated carbocycles. The van der Waals surface area contributed by atoms with Crippen LogP contribution >= 0.6 is 11.6 Å². The van der Waals surface area contributed by atoms with Crippen LogP contribution in [-0.2, 0) is 0 Å². The average Bonchev–Trinajstić information content (AvgIpc) is 2.33. The molecule has 0 aliphatic heterocycles. The quantitative estimate of drug-likeness (QED) is 0.728. The number of nitrogen functional groups attached to an aromatic ring is 1. The molecule has 2 aromatic carbocycles. The lowest BCUT2D eigenvalue weighted by Gasteiger charge is -2.09. The molecule has 0 aliphatic carbocycles. The van der Waals surface area contributed by atoms with Crippen molar-refractivity contribution >= 4 is 34.7 Å². The summed E-state index contributed by atoms with van der Waals surface area (Å²) >= 11 is 6.04. The third-order valence-corrected chi connectivity index (χ3v) is 2.83. The summed E-state index contributed by atoms with van der Waals surface area (Å²) in [5.74, 6) is 0. The van der Waals surface area contributed by atoms with Crippen LogP contribution in [0.5, 0.6) is 0 Å². The fourth-order valence-electron chi connectivity index (χ4n) is 1.62. The van der Waals surface area contributed by atoms with Crippen molar-refractivity contribution in [3.05, 3.63) is 53.1 Å². The zero-order valence-electron chi connectivity index (χ0n) is 10.4. The average molecular weight is 276 g/mol. The molecule has 0 unspecified atom stereocenters. The number of hydrogen-bond acceptors (Lipinski definition) is 2. The monoisotopic (exact) mass is 275 g/mol. The van der Waals surface area contributed by atoms with E-state index in [0.29, 0.717) is 22.1 Å². The second-order valence-electron chi connectivity index (χ2n) is 4.19. The van der Waals surface area contributed by atoms with E-state index in [2.05, 4.69) is 10.6 Å². The van der Waals surface area contributed by atoms with Crippen LogP contribution in [0.25, 0.3) is 0 Å². The first-order valence-corrected chi connectivity index (χ1v) is 6.12. The van der Waals surface area contributed by atoms with Gasteiger partial charge in [0.15, 0.2) is 0 Å². The summed E-state index contributed by atoms with van der Waals surface area (Å²) in [6, 6.07) is 12.0. The van der Waals surface area contributed by atoms with Crippen molar-refractivity contribution in [1.29, 1.82) is 0 Å². The minimum Gasteiger partial charge on any atom is -0.399 e. The van der Waals surface area contributed by atoms with Gasteiger partial charge in [0.1, 0.15) is 0 Å². The molecule has 2 amide bonds. The van der Waals surface area contributed by atoms with Gasteiger partial charge in [-0.1, -0.05) is 23.7 Å². The van der Waals surface area contributed by atoms with E-state index in [1.807, 2.05) is 13.0 Å². The van der Waals surface area contributed by atoms with Crippen molar-refractivity contribution < 1.29 is 4.79 Å². The predicted octanol–water partition coefficient (Wildman–Crippen LogP) is 3.87. The topological polar surface area (TPSA) is 67.2 Å². The maximum atomic E-state index is 11.8. The summed E-state index contributed by atoms with van der Waals surface area (Å²) in [4.78, 5) is 11.8. The number of carbonyl (C=O) groups is 1. The lowest BCUT2D eigenvalue weighted by Crippen LogP contribution is -2.19. The van der Waals surface area contributed by atoms with Crippen molar-refractivity contribution in [1.82, 2.24) is 0 Å². The van der Waals surface area contributed by atoms with E-state index in [1.54, 1.807) is 36.4 Å². The molecule has 5 heteroatoms. The number of amides is 2. The third-order valence-electron chi connectivity index (χ3n) is 2.52. The van der Waals surface area contributed by atoms with E-state index in [-0.39, 0.29) is 6.03 Å². The molecule has 0 heterocycles. The first-order valence-electron chi connectivity index (χ1n) is 5.74. The number of nitrogens with two attached hydrogens (primary N) is 1. The van der Waals surface area contributed by atoms with Gasteiger partial charge in [0.25, 0.3) is 0 Å². The molecule has 2 aromatic rings. The van der Waals surface area contributed by atoms with Gasteiger partial charge in [-0.25, -0.2) is 4.79 Å². The van der Waals surface area contributed by atoms with Crippen LogP contribution in [0.1, 0.15) is 5.56 Å². The van der Waals surface area contributed by atoms with Crippen molar-refractivity contribution in [2.75, 3.05) is 16.4 Å². The molecule has 0 aliphatic rings. The number of hydrogen-bond donors (Lipinski definition) is 3. The maximum absolute atomic E-state index is 11.8. The maximum Gasteiger partial charge on any atom is 0.323 e. The first kappa shape index (κ1) is 13.2. The zero-order valence-corrected chi connectivity index (χ0v) is 11.2. The lowest BCUT2D eigenvalue weighted by atomic mass is 10.2. The van der Waals surface area contributed by atoms with Gasteiger partial charge in [-0.3, -0.25) is 0 Å². The fraction of sp³-hybridized carbons (Fsp3) is 0.0714. The van der Waals surface area contributed by atoms with E-state index in [4.69, 9.17) is 17.3 Å². The third kappa shape index (κ3) is 3.63. The molecule has 19 heavy (non-hydrogen) atoms. The van der Waals surface area contributed by atoms with Gasteiger partial charge in [-0.2, -0.15) is 0 Å². The smallest absolute Gasteiger partial charge is 0.323 e. The molecule has 0 spiro atoms. The highest BCUT2D eigenvalue weighted by atomic mass is 35.5. The van der Waals surface area contributed by atoms with Crippen LogP contribution in [0, 0.1) is 6.92 Å². The minimum atomic E-state index is -0.364. The number of rotatable bonds is 2. The first-order chi connectivity index (χ1) is 9.04. The molecular formula is C14H14ClN3O. The predicted molar refractivity (Wildman–Crippen MR) is 79.7 cm³/mol. The Hall–Kier alpha value is -2.20. The Morgan fingerprint density at radius 3 is 2.63 bits per heavy atom. The Kier molecular flexibility index (Phi) is 3.92. The van der Waals surface area contributed by atoms with Gasteiger partial charge in [0, 0.05) is 11.4 Å². The molecule has 0 aromatic heterocycles. The normalized spacial score (nSPS) is 10.0. The summed E-state index contributed by atoms with van der Waals surface area (Å²) < 4.78 is 0. The Balaban J connectivity index is 2.05. The van der Waals surface area contributed by atoms with Gasteiger partial charge < -0.3 is 16.4 Å². The summed E-state index contributed by atoms with van der Waals surface area (Å²) in [5.41, 5.74) is 8.45. The van der Waals surface area contributed by atoms with Gasteiger partial charge in [-0.05, 0) is 42.8 Å². The Labute approximate surface area is 116 Å². The molecule has 4 nitrogen and oxygen atoms in total. The zero-order chi connectivity index (χ0) is 13.8. The molecule has 0 fully saturated rings. The van der Waals surface area contributed by atoms with E-state index in [0.717, 1.165) is 5.56 Å². The number of aryl methyl sites for hydroxylation is 1. The number of carbonyl (C=O) groups excluding carboxylic acids is 1. The lowest BCUT2D eigenvalue weighted by molar-refractivity contribution is 0.262. The van der Waals surface area contributed by atoms with E-state index in [1.165, 1.54) is 0 Å². The Morgan fingerprint density at radius 2 is 1.95 bits per heavy atom. The molecule has 0 bridgehead atoms. The highest BCUT2D eigenvalue weighted by Gasteiger charge is 2.06. The van der Waals surface area contributed by atoms with Crippen molar-refractivity contribution in [2.24, 2.45) is 0 Å². The number of anilines is 3. The van der Waals surface area contributed by atoms with Gasteiger partial charge in [0.05, 0.1) is 10.7 Å². The molecule has 98 valence electrons. The SMILES string of the molecule is Cc1ccc(NC(=O)Nc2cccc(N)c2)c(Cl)c1. The molecular weight excluding hydrogens is 262 g/mol. The van der Waals surface area contributed by atoms with E-state index >= 15 is 0 Å². The van der Waals surface area contributed by atoms with Crippen LogP contribution in [0.4, 0.5) is 21.9 Å². The van der Waals surface area contributed by atoms with Crippen LogP contribution in [0.3, 0.4) is 0 Å². The Morgan fingerprint density at radius 1 is 1.16 bits per heavy atom. The molecule has 0 atom stereocenters. The summed E-state index contributed by atoms with van der Waals surface area (Å²) in [7, 11) is 0. The fourth-order valence-corrected chi connectivity index (χ4v) is 1.90. The highest BCUT2D eigenvalue weighted by molar-refractivity contribution is 6.33. The van der Waals surface area contributed by atoms with Crippen LogP contribution in [0.2, 0.25) is 5.02 Å². The minimum absolute atomic E-state index is 0.364. The summed E-state index contributed by atoms with van der Waals surface area (Å²) in [5, 5.41) is 5.87. The van der Waals surface area contributed by atoms with Gasteiger partial charge in [-0.15, -0.1) is 0 Å². The second kappa shape index (κ2) is 5.63. The summed E-state index contributed by atoms with van der Waals surface area (Å²) in [6.07, 6.45) is 0. The van der Waals surface area contributed by atoms with Crippen LogP contribution < -0.4 is 16.4 Å². The molecule has 0 saturated heterocycles.